The number of carbonyl (C=O) groups excluding carboxylic acids is 2. The van der Waals surface area contributed by atoms with E-state index in [2.05, 4.69) is 40.1 Å². The summed E-state index contributed by atoms with van der Waals surface area (Å²) < 4.78 is 4.67. The summed E-state index contributed by atoms with van der Waals surface area (Å²) in [5.74, 6) is 0.262. The van der Waals surface area contributed by atoms with E-state index in [1.54, 1.807) is 24.3 Å². The lowest BCUT2D eigenvalue weighted by Crippen LogP contribution is -2.32. The third-order valence-corrected chi connectivity index (χ3v) is 5.30. The second-order valence-corrected chi connectivity index (χ2v) is 7.53. The van der Waals surface area contributed by atoms with E-state index in [-0.39, 0.29) is 5.91 Å². The summed E-state index contributed by atoms with van der Waals surface area (Å²) in [6, 6.07) is 14.9. The van der Waals surface area contributed by atoms with Gasteiger partial charge in [0.25, 0.3) is 5.91 Å². The van der Waals surface area contributed by atoms with Gasteiger partial charge in [-0.15, -0.1) is 0 Å². The molecule has 1 N–H and O–H groups in total. The van der Waals surface area contributed by atoms with Gasteiger partial charge >= 0.3 is 5.97 Å². The van der Waals surface area contributed by atoms with Crippen molar-refractivity contribution in [3.8, 4) is 0 Å². The van der Waals surface area contributed by atoms with Gasteiger partial charge in [0.1, 0.15) is 0 Å². The number of hydrogen-bond acceptors (Lipinski definition) is 4. The molecule has 1 aliphatic heterocycles. The maximum Gasteiger partial charge on any atom is 0.337 e. The normalized spacial score (nSPS) is 15.2. The van der Waals surface area contributed by atoms with Crippen LogP contribution in [0, 0.1) is 5.92 Å². The Hall–Kier alpha value is -2.66. The number of ether oxygens (including phenoxy) is 1. The standard InChI is InChI=1S/C23H28N2O3/c1-17-10-12-25(13-11-17)16-19-5-3-4-18(14-19)15-24-22(26)20-6-8-21(9-7-20)23(27)28-2/h3-9,14,17H,10-13,15-16H2,1-2H3,(H,24,26). The van der Waals surface area contributed by atoms with Crippen LogP contribution >= 0.6 is 0 Å². The number of esters is 1. The van der Waals surface area contributed by atoms with Crippen LogP contribution in [0.2, 0.25) is 0 Å². The van der Waals surface area contributed by atoms with Crippen molar-refractivity contribution in [2.24, 2.45) is 5.92 Å². The molecule has 0 radical (unpaired) electrons. The number of nitrogens with zero attached hydrogens (tertiary/aromatic N) is 1. The first kappa shape index (κ1) is 20.1. The average molecular weight is 380 g/mol. The van der Waals surface area contributed by atoms with Crippen molar-refractivity contribution in [2.75, 3.05) is 20.2 Å². The minimum atomic E-state index is -0.410. The fraction of sp³-hybridized carbons (Fsp3) is 0.391. The number of hydrogen-bond donors (Lipinski definition) is 1. The predicted octanol–water partition coefficient (Wildman–Crippen LogP) is 3.64. The van der Waals surface area contributed by atoms with E-state index in [9.17, 15) is 9.59 Å². The SMILES string of the molecule is COC(=O)c1ccc(C(=O)NCc2cccc(CN3CCC(C)CC3)c2)cc1. The highest BCUT2D eigenvalue weighted by Gasteiger charge is 2.15. The van der Waals surface area contributed by atoms with Crippen LogP contribution in [0.3, 0.4) is 0 Å². The van der Waals surface area contributed by atoms with E-state index in [0.717, 1.165) is 31.1 Å². The molecule has 0 unspecified atom stereocenters. The molecule has 1 amide bonds. The lowest BCUT2D eigenvalue weighted by atomic mass is 9.98. The van der Waals surface area contributed by atoms with E-state index in [1.807, 2.05) is 6.07 Å². The zero-order valence-corrected chi connectivity index (χ0v) is 16.6. The maximum atomic E-state index is 12.4. The number of nitrogens with one attached hydrogen (secondary N) is 1. The van der Waals surface area contributed by atoms with Gasteiger partial charge in [-0.3, -0.25) is 9.69 Å². The van der Waals surface area contributed by atoms with Crippen molar-refractivity contribution in [3.63, 3.8) is 0 Å². The van der Waals surface area contributed by atoms with Crippen molar-refractivity contribution in [1.82, 2.24) is 10.2 Å². The highest BCUT2D eigenvalue weighted by molar-refractivity contribution is 5.96. The van der Waals surface area contributed by atoms with E-state index in [4.69, 9.17) is 0 Å². The third-order valence-electron chi connectivity index (χ3n) is 5.30. The van der Waals surface area contributed by atoms with Crippen LogP contribution in [-0.2, 0) is 17.8 Å². The minimum Gasteiger partial charge on any atom is -0.465 e. The Morgan fingerprint density at radius 3 is 2.36 bits per heavy atom. The lowest BCUT2D eigenvalue weighted by molar-refractivity contribution is 0.0600. The molecule has 0 saturated carbocycles. The van der Waals surface area contributed by atoms with Crippen molar-refractivity contribution in [3.05, 3.63) is 70.8 Å². The molecule has 2 aromatic carbocycles. The average Bonchev–Trinajstić information content (AvgIpc) is 2.73. The van der Waals surface area contributed by atoms with Crippen molar-refractivity contribution in [2.45, 2.75) is 32.9 Å². The largest absolute Gasteiger partial charge is 0.465 e. The molecule has 0 aromatic heterocycles. The number of methoxy groups -OCH3 is 1. The molecule has 0 bridgehead atoms. The third kappa shape index (κ3) is 5.42. The summed E-state index contributed by atoms with van der Waals surface area (Å²) in [6.07, 6.45) is 2.54. The molecule has 0 aliphatic carbocycles. The monoisotopic (exact) mass is 380 g/mol. The smallest absolute Gasteiger partial charge is 0.337 e. The van der Waals surface area contributed by atoms with Crippen molar-refractivity contribution < 1.29 is 14.3 Å². The highest BCUT2D eigenvalue weighted by Crippen LogP contribution is 2.18. The molecule has 0 spiro atoms. The maximum absolute atomic E-state index is 12.4. The Kier molecular flexibility index (Phi) is 6.82. The van der Waals surface area contributed by atoms with Gasteiger partial charge in [-0.25, -0.2) is 4.79 Å². The van der Waals surface area contributed by atoms with Gasteiger partial charge in [-0.2, -0.15) is 0 Å². The molecular weight excluding hydrogens is 352 g/mol. The predicted molar refractivity (Wildman–Crippen MR) is 109 cm³/mol. The molecule has 2 aromatic rings. The summed E-state index contributed by atoms with van der Waals surface area (Å²) in [5.41, 5.74) is 3.32. The molecule has 5 nitrogen and oxygen atoms in total. The second-order valence-electron chi connectivity index (χ2n) is 7.53. The molecule has 1 fully saturated rings. The fourth-order valence-corrected chi connectivity index (χ4v) is 3.48. The molecule has 0 atom stereocenters. The first-order valence-corrected chi connectivity index (χ1v) is 9.82. The minimum absolute atomic E-state index is 0.160. The topological polar surface area (TPSA) is 58.6 Å². The number of amides is 1. The Labute approximate surface area is 166 Å². The first-order valence-electron chi connectivity index (χ1n) is 9.82. The highest BCUT2D eigenvalue weighted by atomic mass is 16.5. The van der Waals surface area contributed by atoms with Gasteiger partial charge in [-0.1, -0.05) is 31.2 Å². The van der Waals surface area contributed by atoms with Crippen LogP contribution in [0.5, 0.6) is 0 Å². The van der Waals surface area contributed by atoms with Crippen LogP contribution in [0.1, 0.15) is 51.6 Å². The van der Waals surface area contributed by atoms with E-state index in [0.29, 0.717) is 17.7 Å². The quantitative estimate of drug-likeness (QED) is 0.778. The van der Waals surface area contributed by atoms with Crippen LogP contribution in [0.25, 0.3) is 0 Å². The molecule has 1 saturated heterocycles. The van der Waals surface area contributed by atoms with Gasteiger partial charge in [0.2, 0.25) is 0 Å². The lowest BCUT2D eigenvalue weighted by Gasteiger charge is -2.30. The molecular formula is C23H28N2O3. The zero-order valence-electron chi connectivity index (χ0n) is 16.6. The number of likely N-dealkylation sites (tertiary alicyclic amines) is 1. The fourth-order valence-electron chi connectivity index (χ4n) is 3.48. The van der Waals surface area contributed by atoms with Gasteiger partial charge in [0.15, 0.2) is 0 Å². The Bertz CT molecular complexity index is 809. The molecule has 1 aliphatic rings. The van der Waals surface area contributed by atoms with E-state index in [1.165, 1.54) is 25.5 Å². The molecule has 5 heteroatoms. The van der Waals surface area contributed by atoms with Gasteiger partial charge < -0.3 is 10.1 Å². The van der Waals surface area contributed by atoms with Crippen LogP contribution in [-0.4, -0.2) is 37.0 Å². The van der Waals surface area contributed by atoms with Crippen LogP contribution < -0.4 is 5.32 Å². The summed E-state index contributed by atoms with van der Waals surface area (Å²) in [7, 11) is 1.34. The summed E-state index contributed by atoms with van der Waals surface area (Å²) in [4.78, 5) is 26.3. The zero-order chi connectivity index (χ0) is 19.9. The van der Waals surface area contributed by atoms with Gasteiger partial charge in [0.05, 0.1) is 12.7 Å². The number of carbonyl (C=O) groups is 2. The van der Waals surface area contributed by atoms with Crippen LogP contribution in [0.4, 0.5) is 0 Å². The molecule has 148 valence electrons. The molecule has 3 rings (SSSR count). The Morgan fingerprint density at radius 2 is 1.68 bits per heavy atom. The van der Waals surface area contributed by atoms with Crippen molar-refractivity contribution >= 4 is 11.9 Å². The number of benzene rings is 2. The van der Waals surface area contributed by atoms with Gasteiger partial charge in [0, 0.05) is 18.7 Å². The Balaban J connectivity index is 1.54. The number of rotatable bonds is 6. The first-order chi connectivity index (χ1) is 13.5. The summed E-state index contributed by atoms with van der Waals surface area (Å²) in [6.45, 7) is 6.07. The number of piperidine rings is 1. The molecule has 28 heavy (non-hydrogen) atoms. The van der Waals surface area contributed by atoms with Crippen LogP contribution in [0.15, 0.2) is 48.5 Å². The molecule has 1 heterocycles. The van der Waals surface area contributed by atoms with Gasteiger partial charge in [-0.05, 0) is 67.2 Å². The van der Waals surface area contributed by atoms with E-state index >= 15 is 0 Å². The second kappa shape index (κ2) is 9.51. The van der Waals surface area contributed by atoms with E-state index < -0.39 is 5.97 Å². The summed E-state index contributed by atoms with van der Waals surface area (Å²) in [5, 5.41) is 2.95. The Morgan fingerprint density at radius 1 is 1.04 bits per heavy atom. The summed E-state index contributed by atoms with van der Waals surface area (Å²) >= 11 is 0. The van der Waals surface area contributed by atoms with Crippen molar-refractivity contribution in [1.29, 1.82) is 0 Å².